The fourth-order valence-corrected chi connectivity index (χ4v) is 3.41. The Hall–Kier alpha value is -2.70. The van der Waals surface area contributed by atoms with Crippen molar-refractivity contribution in [3.63, 3.8) is 0 Å². The molecule has 0 saturated carbocycles. The van der Waals surface area contributed by atoms with Gasteiger partial charge < -0.3 is 21.7 Å². The molecule has 0 aliphatic carbocycles. The molecule has 2 atom stereocenters. The number of hydrogen-bond donors (Lipinski definition) is 3. The van der Waals surface area contributed by atoms with Crippen LogP contribution in [-0.4, -0.2) is 42.9 Å². The standard InChI is InChI=1S/C15H22N2O.C9H12N2O/c16-14(10-9-13-7-3-1-4-8-13)15(18)17-11-5-2-6-12-17;1-11-9(12)8(10)7-5-3-2-4-6-7/h1,3-4,7-8,14H,2,5-6,9-12,16H2;2-6,8H,10H2,1H3,(H,11,12). The maximum Gasteiger partial charge on any atom is 0.241 e. The monoisotopic (exact) mass is 410 g/mol. The summed E-state index contributed by atoms with van der Waals surface area (Å²) in [5, 5.41) is 2.50. The van der Waals surface area contributed by atoms with Crippen LogP contribution in [0.2, 0.25) is 0 Å². The zero-order valence-corrected chi connectivity index (χ0v) is 17.8. The quantitative estimate of drug-likeness (QED) is 0.680. The number of nitrogens with one attached hydrogen (secondary N) is 1. The zero-order valence-electron chi connectivity index (χ0n) is 17.8. The molecule has 0 spiro atoms. The van der Waals surface area contributed by atoms with Gasteiger partial charge in [-0.05, 0) is 43.2 Å². The lowest BCUT2D eigenvalue weighted by Gasteiger charge is -2.29. The molecule has 1 aliphatic rings. The third kappa shape index (κ3) is 7.61. The minimum atomic E-state index is -0.559. The maximum atomic E-state index is 12.1. The first kappa shape index (κ1) is 23.6. The molecular weight excluding hydrogens is 376 g/mol. The Morgan fingerprint density at radius 2 is 1.50 bits per heavy atom. The van der Waals surface area contributed by atoms with Gasteiger partial charge in [-0.3, -0.25) is 9.59 Å². The lowest BCUT2D eigenvalue weighted by Crippen LogP contribution is -2.46. The summed E-state index contributed by atoms with van der Waals surface area (Å²) in [4.78, 5) is 25.1. The van der Waals surface area contributed by atoms with Crippen LogP contribution < -0.4 is 16.8 Å². The Balaban J connectivity index is 0.000000232. The second-order valence-corrected chi connectivity index (χ2v) is 7.52. The van der Waals surface area contributed by atoms with E-state index < -0.39 is 6.04 Å². The number of benzene rings is 2. The molecule has 2 aromatic rings. The van der Waals surface area contributed by atoms with Crippen molar-refractivity contribution in [3.05, 3.63) is 71.8 Å². The van der Waals surface area contributed by atoms with Gasteiger partial charge in [0.1, 0.15) is 6.04 Å². The number of likely N-dealkylation sites (N-methyl/N-ethyl adjacent to an activating group) is 1. The van der Waals surface area contributed by atoms with Crippen molar-refractivity contribution >= 4 is 11.8 Å². The summed E-state index contributed by atoms with van der Waals surface area (Å²) in [6.07, 6.45) is 5.10. The molecule has 1 heterocycles. The molecule has 0 radical (unpaired) electrons. The molecule has 1 fully saturated rings. The first-order chi connectivity index (χ1) is 14.5. The molecule has 0 bridgehead atoms. The zero-order chi connectivity index (χ0) is 21.8. The van der Waals surface area contributed by atoms with Gasteiger partial charge in [-0.25, -0.2) is 0 Å². The summed E-state index contributed by atoms with van der Waals surface area (Å²) in [7, 11) is 1.57. The van der Waals surface area contributed by atoms with Crippen molar-refractivity contribution in [2.24, 2.45) is 11.5 Å². The Bertz CT molecular complexity index is 761. The Kier molecular flexibility index (Phi) is 10.0. The van der Waals surface area contributed by atoms with Crippen LogP contribution in [0.3, 0.4) is 0 Å². The number of likely N-dealkylation sites (tertiary alicyclic amines) is 1. The molecule has 5 N–H and O–H groups in total. The van der Waals surface area contributed by atoms with Crippen LogP contribution in [0.5, 0.6) is 0 Å². The van der Waals surface area contributed by atoms with Gasteiger partial charge in [0, 0.05) is 20.1 Å². The van der Waals surface area contributed by atoms with E-state index in [9.17, 15) is 9.59 Å². The van der Waals surface area contributed by atoms with E-state index >= 15 is 0 Å². The SMILES string of the molecule is CNC(=O)C(N)c1ccccc1.NC(CCc1ccccc1)C(=O)N1CCCCC1. The molecule has 2 aromatic carbocycles. The van der Waals surface area contributed by atoms with Gasteiger partial charge >= 0.3 is 0 Å². The highest BCUT2D eigenvalue weighted by Gasteiger charge is 2.22. The van der Waals surface area contributed by atoms with E-state index in [1.807, 2.05) is 53.4 Å². The van der Waals surface area contributed by atoms with Gasteiger partial charge in [-0.1, -0.05) is 60.7 Å². The molecule has 30 heavy (non-hydrogen) atoms. The molecule has 1 aliphatic heterocycles. The number of aryl methyl sites for hydroxylation is 1. The van der Waals surface area contributed by atoms with Crippen LogP contribution in [0.4, 0.5) is 0 Å². The molecule has 3 rings (SSSR count). The number of rotatable bonds is 6. The lowest BCUT2D eigenvalue weighted by atomic mass is 10.0. The van der Waals surface area contributed by atoms with Gasteiger partial charge in [-0.2, -0.15) is 0 Å². The van der Waals surface area contributed by atoms with Crippen molar-refractivity contribution in [2.45, 2.75) is 44.2 Å². The van der Waals surface area contributed by atoms with Gasteiger partial charge in [0.15, 0.2) is 0 Å². The number of piperidine rings is 1. The van der Waals surface area contributed by atoms with E-state index in [1.54, 1.807) is 7.05 Å². The predicted molar refractivity (Wildman–Crippen MR) is 121 cm³/mol. The Morgan fingerprint density at radius 3 is 2.07 bits per heavy atom. The molecule has 162 valence electrons. The van der Waals surface area contributed by atoms with Crippen molar-refractivity contribution in [3.8, 4) is 0 Å². The van der Waals surface area contributed by atoms with Crippen LogP contribution in [0.15, 0.2) is 60.7 Å². The third-order valence-corrected chi connectivity index (χ3v) is 5.26. The average molecular weight is 411 g/mol. The average Bonchev–Trinajstić information content (AvgIpc) is 2.83. The molecular formula is C24H34N4O2. The maximum absolute atomic E-state index is 12.1. The largest absolute Gasteiger partial charge is 0.358 e. The fourth-order valence-electron chi connectivity index (χ4n) is 3.41. The Morgan fingerprint density at radius 1 is 0.933 bits per heavy atom. The van der Waals surface area contributed by atoms with E-state index in [2.05, 4.69) is 17.4 Å². The third-order valence-electron chi connectivity index (χ3n) is 5.26. The van der Waals surface area contributed by atoms with E-state index in [4.69, 9.17) is 11.5 Å². The van der Waals surface area contributed by atoms with Crippen LogP contribution in [0, 0.1) is 0 Å². The number of hydrogen-bond acceptors (Lipinski definition) is 4. The van der Waals surface area contributed by atoms with Crippen LogP contribution in [0.25, 0.3) is 0 Å². The first-order valence-corrected chi connectivity index (χ1v) is 10.6. The summed E-state index contributed by atoms with van der Waals surface area (Å²) in [5.41, 5.74) is 13.7. The minimum absolute atomic E-state index is 0.130. The number of nitrogens with two attached hydrogens (primary N) is 2. The van der Waals surface area contributed by atoms with E-state index in [0.717, 1.165) is 44.3 Å². The summed E-state index contributed by atoms with van der Waals surface area (Å²) in [6, 6.07) is 18.6. The smallest absolute Gasteiger partial charge is 0.241 e. The van der Waals surface area contributed by atoms with Crippen LogP contribution in [0.1, 0.15) is 42.9 Å². The second kappa shape index (κ2) is 12.8. The number of amides is 2. The van der Waals surface area contributed by atoms with Gasteiger partial charge in [-0.15, -0.1) is 0 Å². The van der Waals surface area contributed by atoms with E-state index in [1.165, 1.54) is 12.0 Å². The number of carbonyl (C=O) groups is 2. The molecule has 6 heteroatoms. The molecule has 2 amide bonds. The normalized spacial score (nSPS) is 15.4. The van der Waals surface area contributed by atoms with Crippen molar-refractivity contribution in [1.29, 1.82) is 0 Å². The highest BCUT2D eigenvalue weighted by molar-refractivity contribution is 5.82. The van der Waals surface area contributed by atoms with Crippen molar-refractivity contribution in [2.75, 3.05) is 20.1 Å². The minimum Gasteiger partial charge on any atom is -0.358 e. The Labute approximate surface area is 179 Å². The number of carbonyl (C=O) groups excluding carboxylic acids is 2. The van der Waals surface area contributed by atoms with E-state index in [0.29, 0.717) is 0 Å². The topological polar surface area (TPSA) is 101 Å². The van der Waals surface area contributed by atoms with Crippen LogP contribution in [-0.2, 0) is 16.0 Å². The summed E-state index contributed by atoms with van der Waals surface area (Å²) in [6.45, 7) is 1.77. The molecule has 6 nitrogen and oxygen atoms in total. The molecule has 2 unspecified atom stereocenters. The predicted octanol–water partition coefficient (Wildman–Crippen LogP) is 2.39. The van der Waals surface area contributed by atoms with Crippen LogP contribution >= 0.6 is 0 Å². The van der Waals surface area contributed by atoms with Gasteiger partial charge in [0.05, 0.1) is 6.04 Å². The second-order valence-electron chi connectivity index (χ2n) is 7.52. The first-order valence-electron chi connectivity index (χ1n) is 10.6. The van der Waals surface area contributed by atoms with Gasteiger partial charge in [0.25, 0.3) is 0 Å². The van der Waals surface area contributed by atoms with E-state index in [-0.39, 0.29) is 17.9 Å². The molecule has 1 saturated heterocycles. The summed E-state index contributed by atoms with van der Waals surface area (Å²) in [5.74, 6) is -0.0353. The van der Waals surface area contributed by atoms with Crippen molar-refractivity contribution in [1.82, 2.24) is 10.2 Å². The lowest BCUT2D eigenvalue weighted by molar-refractivity contribution is -0.133. The highest BCUT2D eigenvalue weighted by Crippen LogP contribution is 2.12. The van der Waals surface area contributed by atoms with Gasteiger partial charge in [0.2, 0.25) is 11.8 Å². The summed E-state index contributed by atoms with van der Waals surface area (Å²) < 4.78 is 0. The molecule has 0 aromatic heterocycles. The summed E-state index contributed by atoms with van der Waals surface area (Å²) >= 11 is 0. The number of nitrogens with zero attached hydrogens (tertiary/aromatic N) is 1. The highest BCUT2D eigenvalue weighted by atomic mass is 16.2. The van der Waals surface area contributed by atoms with Crippen molar-refractivity contribution < 1.29 is 9.59 Å². The fraction of sp³-hybridized carbons (Fsp3) is 0.417.